The van der Waals surface area contributed by atoms with Crippen LogP contribution in [0.15, 0.2) is 34.6 Å². The fraction of sp³-hybridized carbons (Fsp3) is 0.450. The minimum absolute atomic E-state index is 0.110. The van der Waals surface area contributed by atoms with Gasteiger partial charge in [0, 0.05) is 42.7 Å². The summed E-state index contributed by atoms with van der Waals surface area (Å²) in [4.78, 5) is 37.4. The lowest BCUT2D eigenvalue weighted by Gasteiger charge is -2.40. The number of imide groups is 1. The fourth-order valence-corrected chi connectivity index (χ4v) is 4.34. The van der Waals surface area contributed by atoms with Crippen molar-refractivity contribution in [1.82, 2.24) is 19.6 Å². The molecule has 1 aromatic carbocycles. The lowest BCUT2D eigenvalue weighted by molar-refractivity contribution is -0.137. The zero-order valence-electron chi connectivity index (χ0n) is 17.2. The highest BCUT2D eigenvalue weighted by Gasteiger charge is 2.55. The van der Waals surface area contributed by atoms with E-state index in [1.165, 1.54) is 23.1 Å². The van der Waals surface area contributed by atoms with Crippen LogP contribution in [0.4, 0.5) is 9.18 Å². The van der Waals surface area contributed by atoms with Gasteiger partial charge >= 0.3 is 6.03 Å². The van der Waals surface area contributed by atoms with Gasteiger partial charge in [0.25, 0.3) is 5.91 Å². The predicted molar refractivity (Wildman–Crippen MR) is 109 cm³/mol. The number of amides is 3. The van der Waals surface area contributed by atoms with Crippen molar-refractivity contribution in [2.24, 2.45) is 4.99 Å². The number of urea groups is 1. The number of ether oxygens (including phenoxy) is 1. The van der Waals surface area contributed by atoms with Crippen LogP contribution in [0.2, 0.25) is 5.02 Å². The average molecular weight is 436 g/mol. The SMILES string of the molecule is COCCN1C2=NC3C(C(=O)N(Cc4c(F)cccc4Cl)C(=O)N3C)N2C(C)=C1C. The lowest BCUT2D eigenvalue weighted by Crippen LogP contribution is -2.64. The number of hydrogen-bond donors (Lipinski definition) is 0. The first-order chi connectivity index (χ1) is 14.3. The van der Waals surface area contributed by atoms with Crippen molar-refractivity contribution in [2.45, 2.75) is 32.6 Å². The molecule has 0 saturated carbocycles. The summed E-state index contributed by atoms with van der Waals surface area (Å²) < 4.78 is 19.5. The molecule has 2 unspecified atom stereocenters. The number of nitrogens with zero attached hydrogens (tertiary/aromatic N) is 5. The normalized spacial score (nSPS) is 23.5. The molecule has 2 atom stereocenters. The Morgan fingerprint density at radius 2 is 1.93 bits per heavy atom. The Bertz CT molecular complexity index is 961. The van der Waals surface area contributed by atoms with Crippen molar-refractivity contribution in [3.8, 4) is 0 Å². The quantitative estimate of drug-likeness (QED) is 0.710. The van der Waals surface area contributed by atoms with Gasteiger partial charge in [-0.1, -0.05) is 17.7 Å². The number of hydrogen-bond acceptors (Lipinski definition) is 6. The molecule has 30 heavy (non-hydrogen) atoms. The molecule has 1 aromatic rings. The molecular weight excluding hydrogens is 413 g/mol. The third-order valence-electron chi connectivity index (χ3n) is 5.90. The van der Waals surface area contributed by atoms with E-state index in [9.17, 15) is 14.0 Å². The first-order valence-electron chi connectivity index (χ1n) is 9.60. The first kappa shape index (κ1) is 20.6. The third kappa shape index (κ3) is 2.95. The molecule has 1 fully saturated rings. The monoisotopic (exact) mass is 435 g/mol. The van der Waals surface area contributed by atoms with Crippen LogP contribution in [-0.4, -0.2) is 77.0 Å². The Morgan fingerprint density at radius 3 is 2.60 bits per heavy atom. The number of aliphatic imine (C=N–C) groups is 1. The highest BCUT2D eigenvalue weighted by Crippen LogP contribution is 2.38. The molecule has 1 saturated heterocycles. The molecule has 4 rings (SSSR count). The van der Waals surface area contributed by atoms with Gasteiger partial charge in [-0.05, 0) is 26.0 Å². The molecule has 160 valence electrons. The topological polar surface area (TPSA) is 68.7 Å². The number of carbonyl (C=O) groups excluding carboxylic acids is 2. The summed E-state index contributed by atoms with van der Waals surface area (Å²) in [7, 11) is 3.22. The van der Waals surface area contributed by atoms with Crippen LogP contribution in [0.5, 0.6) is 0 Å². The van der Waals surface area contributed by atoms with Gasteiger partial charge in [0.2, 0.25) is 5.96 Å². The van der Waals surface area contributed by atoms with Gasteiger partial charge in [-0.3, -0.25) is 14.6 Å². The van der Waals surface area contributed by atoms with Gasteiger partial charge in [-0.2, -0.15) is 0 Å². The van der Waals surface area contributed by atoms with Crippen molar-refractivity contribution < 1.29 is 18.7 Å². The minimum Gasteiger partial charge on any atom is -0.383 e. The second-order valence-corrected chi connectivity index (χ2v) is 7.90. The summed E-state index contributed by atoms with van der Waals surface area (Å²) in [6, 6.07) is 3.03. The lowest BCUT2D eigenvalue weighted by atomic mass is 10.1. The average Bonchev–Trinajstić information content (AvgIpc) is 3.20. The molecule has 0 spiro atoms. The number of carbonyl (C=O) groups is 2. The summed E-state index contributed by atoms with van der Waals surface area (Å²) in [6.07, 6.45) is -0.652. The summed E-state index contributed by atoms with van der Waals surface area (Å²) in [5.41, 5.74) is 1.97. The van der Waals surface area contributed by atoms with E-state index in [4.69, 9.17) is 21.3 Å². The van der Waals surface area contributed by atoms with Crippen molar-refractivity contribution in [1.29, 1.82) is 0 Å². The number of likely N-dealkylation sites (N-methyl/N-ethyl adjacent to an activating group) is 1. The maximum Gasteiger partial charge on any atom is 0.328 e. The highest BCUT2D eigenvalue weighted by molar-refractivity contribution is 6.31. The van der Waals surface area contributed by atoms with Crippen LogP contribution in [-0.2, 0) is 16.1 Å². The van der Waals surface area contributed by atoms with Gasteiger partial charge in [0.15, 0.2) is 12.2 Å². The van der Waals surface area contributed by atoms with E-state index in [0.29, 0.717) is 19.1 Å². The minimum atomic E-state index is -0.712. The van der Waals surface area contributed by atoms with Crippen LogP contribution < -0.4 is 0 Å². The van der Waals surface area contributed by atoms with Crippen LogP contribution >= 0.6 is 11.6 Å². The Hall–Kier alpha value is -2.65. The standard InChI is InChI=1S/C20H23ClFN5O3/c1-11-12(2)27-16-17(23-19(27)25(11)8-9-30-4)24(3)20(29)26(18(16)28)10-13-14(21)6-5-7-15(13)22/h5-7,16-17H,8-10H2,1-4H3. The molecule has 0 bridgehead atoms. The summed E-state index contributed by atoms with van der Waals surface area (Å²) in [5.74, 6) is -0.368. The number of benzene rings is 1. The van der Waals surface area contributed by atoms with Gasteiger partial charge in [0.1, 0.15) is 5.82 Å². The van der Waals surface area contributed by atoms with Gasteiger partial charge in [-0.25, -0.2) is 14.2 Å². The van der Waals surface area contributed by atoms with Crippen molar-refractivity contribution >= 4 is 29.5 Å². The first-order valence-corrected chi connectivity index (χ1v) is 9.97. The number of methoxy groups -OCH3 is 1. The smallest absolute Gasteiger partial charge is 0.328 e. The van der Waals surface area contributed by atoms with E-state index in [-0.39, 0.29) is 17.1 Å². The van der Waals surface area contributed by atoms with Crippen LogP contribution in [0.3, 0.4) is 0 Å². The number of allylic oxidation sites excluding steroid dienone is 2. The summed E-state index contributed by atoms with van der Waals surface area (Å²) >= 11 is 6.13. The van der Waals surface area contributed by atoms with E-state index in [2.05, 4.69) is 0 Å². The van der Waals surface area contributed by atoms with Crippen molar-refractivity contribution in [2.75, 3.05) is 27.3 Å². The zero-order chi connectivity index (χ0) is 21.7. The Kier molecular flexibility index (Phi) is 5.19. The number of halogens is 2. The summed E-state index contributed by atoms with van der Waals surface area (Å²) in [6.45, 7) is 4.71. The van der Waals surface area contributed by atoms with Crippen LogP contribution in [0.1, 0.15) is 19.4 Å². The fourth-order valence-electron chi connectivity index (χ4n) is 4.12. The van der Waals surface area contributed by atoms with E-state index < -0.39 is 30.0 Å². The van der Waals surface area contributed by atoms with Crippen molar-refractivity contribution in [3.63, 3.8) is 0 Å². The van der Waals surface area contributed by atoms with E-state index in [0.717, 1.165) is 16.3 Å². The molecule has 0 N–H and O–H groups in total. The molecular formula is C20H23ClFN5O3. The van der Waals surface area contributed by atoms with E-state index >= 15 is 0 Å². The predicted octanol–water partition coefficient (Wildman–Crippen LogP) is 2.45. The molecule has 0 aromatic heterocycles. The second kappa shape index (κ2) is 7.55. The van der Waals surface area contributed by atoms with Gasteiger partial charge in [0.05, 0.1) is 13.2 Å². The van der Waals surface area contributed by atoms with Gasteiger partial charge in [-0.15, -0.1) is 0 Å². The molecule has 3 aliphatic heterocycles. The highest BCUT2D eigenvalue weighted by atomic mass is 35.5. The molecule has 0 aliphatic carbocycles. The Labute approximate surface area is 179 Å². The molecule has 3 aliphatic rings. The number of rotatable bonds is 5. The van der Waals surface area contributed by atoms with Gasteiger partial charge < -0.3 is 14.5 Å². The van der Waals surface area contributed by atoms with E-state index in [1.54, 1.807) is 14.2 Å². The molecule has 10 heteroatoms. The molecule has 8 nitrogen and oxygen atoms in total. The van der Waals surface area contributed by atoms with E-state index in [1.807, 2.05) is 23.6 Å². The maximum atomic E-state index is 14.3. The summed E-state index contributed by atoms with van der Waals surface area (Å²) in [5, 5.41) is 0.169. The van der Waals surface area contributed by atoms with Crippen LogP contribution in [0.25, 0.3) is 0 Å². The Morgan fingerprint density at radius 1 is 1.20 bits per heavy atom. The number of guanidine groups is 1. The van der Waals surface area contributed by atoms with Crippen LogP contribution in [0, 0.1) is 5.82 Å². The largest absolute Gasteiger partial charge is 0.383 e. The molecule has 3 amide bonds. The zero-order valence-corrected chi connectivity index (χ0v) is 18.0. The van der Waals surface area contributed by atoms with Crippen molar-refractivity contribution in [3.05, 3.63) is 46.0 Å². The third-order valence-corrected chi connectivity index (χ3v) is 6.25. The maximum absolute atomic E-state index is 14.3. The second-order valence-electron chi connectivity index (χ2n) is 7.49. The molecule has 0 radical (unpaired) electrons. The number of fused-ring (bicyclic) bond motifs is 3. The molecule has 3 heterocycles. The Balaban J connectivity index is 1.68.